The van der Waals surface area contributed by atoms with Gasteiger partial charge in [-0.2, -0.15) is 0 Å². The molecule has 1 aromatic heterocycles. The van der Waals surface area contributed by atoms with E-state index in [1.54, 1.807) is 0 Å². The van der Waals surface area contributed by atoms with E-state index in [2.05, 4.69) is 15.9 Å². The molecule has 0 N–H and O–H groups in total. The molecule has 0 unspecified atom stereocenters. The van der Waals surface area contributed by atoms with Crippen LogP contribution in [-0.2, 0) is 0 Å². The number of halogens is 1. The standard InChI is InChI=1S/C18H10BrNO3/c19-12-7-5-11(6-8-12)14-9-15-13-3-1-2-4-17(13)23-18(15)10-16(14)20(21)22/h1-10H. The number of fused-ring (bicyclic) bond motifs is 3. The van der Waals surface area contributed by atoms with Gasteiger partial charge in [-0.15, -0.1) is 0 Å². The Morgan fingerprint density at radius 3 is 2.39 bits per heavy atom. The summed E-state index contributed by atoms with van der Waals surface area (Å²) in [7, 11) is 0. The van der Waals surface area contributed by atoms with Gasteiger partial charge in [-0.05, 0) is 29.8 Å². The van der Waals surface area contributed by atoms with E-state index in [1.807, 2.05) is 54.6 Å². The zero-order chi connectivity index (χ0) is 16.0. The first-order valence-electron chi connectivity index (χ1n) is 6.99. The molecule has 1 heterocycles. The van der Waals surface area contributed by atoms with Crippen LogP contribution in [0.5, 0.6) is 0 Å². The second-order valence-electron chi connectivity index (χ2n) is 5.23. The first-order valence-corrected chi connectivity index (χ1v) is 7.78. The smallest absolute Gasteiger partial charge is 0.280 e. The molecule has 0 radical (unpaired) electrons. The lowest BCUT2D eigenvalue weighted by Gasteiger charge is -2.04. The minimum Gasteiger partial charge on any atom is -0.456 e. The van der Waals surface area contributed by atoms with Gasteiger partial charge < -0.3 is 4.42 Å². The van der Waals surface area contributed by atoms with Gasteiger partial charge in [-0.25, -0.2) is 0 Å². The van der Waals surface area contributed by atoms with Crippen LogP contribution in [0.4, 0.5) is 5.69 Å². The van der Waals surface area contributed by atoms with Gasteiger partial charge in [0.2, 0.25) is 0 Å². The fourth-order valence-corrected chi connectivity index (χ4v) is 3.04. The molecule has 0 saturated heterocycles. The lowest BCUT2D eigenvalue weighted by atomic mass is 10.0. The van der Waals surface area contributed by atoms with Gasteiger partial charge in [0, 0.05) is 15.2 Å². The largest absolute Gasteiger partial charge is 0.456 e. The lowest BCUT2D eigenvalue weighted by Crippen LogP contribution is -1.92. The van der Waals surface area contributed by atoms with Crippen LogP contribution >= 0.6 is 15.9 Å². The third kappa shape index (κ3) is 2.29. The molecule has 112 valence electrons. The van der Waals surface area contributed by atoms with E-state index in [-0.39, 0.29) is 10.6 Å². The summed E-state index contributed by atoms with van der Waals surface area (Å²) in [5.41, 5.74) is 2.68. The van der Waals surface area contributed by atoms with Crippen molar-refractivity contribution in [1.29, 1.82) is 0 Å². The average molecular weight is 368 g/mol. The third-order valence-corrected chi connectivity index (χ3v) is 4.38. The molecular formula is C18H10BrNO3. The van der Waals surface area contributed by atoms with Crippen LogP contribution in [0.2, 0.25) is 0 Å². The molecule has 0 aliphatic carbocycles. The van der Waals surface area contributed by atoms with Crippen molar-refractivity contribution in [1.82, 2.24) is 0 Å². The normalized spacial score (nSPS) is 11.2. The van der Waals surface area contributed by atoms with Crippen molar-refractivity contribution >= 4 is 43.6 Å². The highest BCUT2D eigenvalue weighted by Gasteiger charge is 2.19. The van der Waals surface area contributed by atoms with E-state index < -0.39 is 0 Å². The van der Waals surface area contributed by atoms with Gasteiger partial charge in [0.15, 0.2) is 0 Å². The fourth-order valence-electron chi connectivity index (χ4n) is 2.77. The molecule has 5 heteroatoms. The molecule has 0 amide bonds. The monoisotopic (exact) mass is 367 g/mol. The summed E-state index contributed by atoms with van der Waals surface area (Å²) in [6, 6.07) is 18.4. The van der Waals surface area contributed by atoms with Gasteiger partial charge in [0.1, 0.15) is 11.2 Å². The Morgan fingerprint density at radius 1 is 0.913 bits per heavy atom. The summed E-state index contributed by atoms with van der Waals surface area (Å²) >= 11 is 3.38. The summed E-state index contributed by atoms with van der Waals surface area (Å²) in [6.45, 7) is 0. The summed E-state index contributed by atoms with van der Waals surface area (Å²) in [5.74, 6) is 0. The molecular weight excluding hydrogens is 358 g/mol. The Kier molecular flexibility index (Phi) is 3.16. The van der Waals surface area contributed by atoms with Crippen molar-refractivity contribution in [2.75, 3.05) is 0 Å². The second kappa shape index (κ2) is 5.21. The van der Waals surface area contributed by atoms with E-state index in [4.69, 9.17) is 4.42 Å². The Balaban J connectivity index is 2.07. The van der Waals surface area contributed by atoms with Crippen LogP contribution in [-0.4, -0.2) is 4.92 Å². The number of nitro groups is 1. The highest BCUT2D eigenvalue weighted by molar-refractivity contribution is 9.10. The Morgan fingerprint density at radius 2 is 1.65 bits per heavy atom. The van der Waals surface area contributed by atoms with Crippen LogP contribution in [0.25, 0.3) is 33.1 Å². The highest BCUT2D eigenvalue weighted by atomic mass is 79.9. The topological polar surface area (TPSA) is 56.3 Å². The SMILES string of the molecule is O=[N+]([O-])c1cc2oc3ccccc3c2cc1-c1ccc(Br)cc1. The van der Waals surface area contributed by atoms with Gasteiger partial charge in [-0.3, -0.25) is 10.1 Å². The Bertz CT molecular complexity index is 1050. The Labute approximate surface area is 139 Å². The van der Waals surface area contributed by atoms with Crippen molar-refractivity contribution in [2.24, 2.45) is 0 Å². The van der Waals surface area contributed by atoms with Gasteiger partial charge in [-0.1, -0.05) is 46.3 Å². The molecule has 4 rings (SSSR count). The fraction of sp³-hybridized carbons (Fsp3) is 0. The minimum absolute atomic E-state index is 0.0406. The molecule has 3 aromatic carbocycles. The number of rotatable bonds is 2. The molecule has 0 aliphatic rings. The quantitative estimate of drug-likeness (QED) is 0.326. The predicted molar refractivity (Wildman–Crippen MR) is 93.5 cm³/mol. The first kappa shape index (κ1) is 14.0. The highest BCUT2D eigenvalue weighted by Crippen LogP contribution is 2.38. The molecule has 0 fully saturated rings. The lowest BCUT2D eigenvalue weighted by molar-refractivity contribution is -0.384. The maximum atomic E-state index is 11.5. The number of furan rings is 1. The van der Waals surface area contributed by atoms with Crippen molar-refractivity contribution in [3.8, 4) is 11.1 Å². The number of hydrogen-bond acceptors (Lipinski definition) is 3. The molecule has 23 heavy (non-hydrogen) atoms. The molecule has 0 saturated carbocycles. The first-order chi connectivity index (χ1) is 11.1. The van der Waals surface area contributed by atoms with Crippen LogP contribution in [0, 0.1) is 10.1 Å². The van der Waals surface area contributed by atoms with Crippen molar-refractivity contribution in [3.05, 3.63) is 75.3 Å². The van der Waals surface area contributed by atoms with E-state index in [9.17, 15) is 10.1 Å². The van der Waals surface area contributed by atoms with Crippen LogP contribution in [0.1, 0.15) is 0 Å². The van der Waals surface area contributed by atoms with Crippen LogP contribution in [0.3, 0.4) is 0 Å². The number of benzene rings is 3. The number of hydrogen-bond donors (Lipinski definition) is 0. The van der Waals surface area contributed by atoms with Crippen LogP contribution < -0.4 is 0 Å². The van der Waals surface area contributed by atoms with E-state index in [0.29, 0.717) is 11.1 Å². The summed E-state index contributed by atoms with van der Waals surface area (Å²) < 4.78 is 6.67. The third-order valence-electron chi connectivity index (χ3n) is 3.85. The number of nitro benzene ring substituents is 1. The zero-order valence-corrected chi connectivity index (χ0v) is 13.4. The summed E-state index contributed by atoms with van der Waals surface area (Å²) in [5, 5.41) is 13.3. The predicted octanol–water partition coefficient (Wildman–Crippen LogP) is 5.92. The number of nitrogens with zero attached hydrogens (tertiary/aromatic N) is 1. The van der Waals surface area contributed by atoms with Crippen molar-refractivity contribution < 1.29 is 9.34 Å². The summed E-state index contributed by atoms with van der Waals surface area (Å²) in [4.78, 5) is 11.1. The molecule has 0 atom stereocenters. The van der Waals surface area contributed by atoms with E-state index in [1.165, 1.54) is 6.07 Å². The van der Waals surface area contributed by atoms with Gasteiger partial charge >= 0.3 is 0 Å². The van der Waals surface area contributed by atoms with Crippen molar-refractivity contribution in [3.63, 3.8) is 0 Å². The molecule has 0 aliphatic heterocycles. The average Bonchev–Trinajstić information content (AvgIpc) is 2.92. The molecule has 0 spiro atoms. The van der Waals surface area contributed by atoms with E-state index in [0.717, 1.165) is 26.4 Å². The summed E-state index contributed by atoms with van der Waals surface area (Å²) in [6.07, 6.45) is 0. The number of para-hydroxylation sites is 1. The Hall–Kier alpha value is -2.66. The molecule has 0 bridgehead atoms. The van der Waals surface area contributed by atoms with E-state index >= 15 is 0 Å². The van der Waals surface area contributed by atoms with Gasteiger partial charge in [0.05, 0.1) is 16.6 Å². The second-order valence-corrected chi connectivity index (χ2v) is 6.14. The molecule has 4 nitrogen and oxygen atoms in total. The van der Waals surface area contributed by atoms with Crippen molar-refractivity contribution in [2.45, 2.75) is 0 Å². The minimum atomic E-state index is -0.371. The zero-order valence-electron chi connectivity index (χ0n) is 11.8. The van der Waals surface area contributed by atoms with Gasteiger partial charge in [0.25, 0.3) is 5.69 Å². The van der Waals surface area contributed by atoms with Crippen LogP contribution in [0.15, 0.2) is 69.6 Å². The molecule has 4 aromatic rings. The maximum Gasteiger partial charge on any atom is 0.280 e. The maximum absolute atomic E-state index is 11.5.